The number of carbonyl (C=O) groups excluding carboxylic acids is 2. The van der Waals surface area contributed by atoms with E-state index in [0.717, 1.165) is 135 Å². The number of esters is 1. The van der Waals surface area contributed by atoms with Crippen molar-refractivity contribution in [3.8, 4) is 0 Å². The van der Waals surface area contributed by atoms with Gasteiger partial charge in [-0.3, -0.25) is 9.59 Å². The smallest absolute Gasteiger partial charge is 0.306 e. The minimum Gasteiger partial charge on any atom is -0.454 e. The molecule has 448 valence electrons. The molecule has 8 atom stereocenters. The Kier molecular flexibility index (Phi) is 50.1. The summed E-state index contributed by atoms with van der Waals surface area (Å²) in [4.78, 5) is 26.5. The molecule has 0 bridgehead atoms. The van der Waals surface area contributed by atoms with Crippen LogP contribution in [0.4, 0.5) is 0 Å². The van der Waals surface area contributed by atoms with Gasteiger partial charge in [-0.15, -0.1) is 0 Å². The van der Waals surface area contributed by atoms with Crippen molar-refractivity contribution in [1.29, 1.82) is 0 Å². The highest BCUT2D eigenvalue weighted by Gasteiger charge is 2.47. The van der Waals surface area contributed by atoms with Gasteiger partial charge in [-0.2, -0.15) is 0 Å². The number of hydrogen-bond donors (Lipinski definition) is 6. The van der Waals surface area contributed by atoms with Crippen LogP contribution in [0.15, 0.2) is 134 Å². The van der Waals surface area contributed by atoms with E-state index in [0.29, 0.717) is 12.8 Å². The Morgan fingerprint density at radius 1 is 0.506 bits per heavy atom. The highest BCUT2D eigenvalue weighted by atomic mass is 16.7. The minimum absolute atomic E-state index is 0.0889. The lowest BCUT2D eigenvalue weighted by Gasteiger charge is -2.41. The fourth-order valence-electron chi connectivity index (χ4n) is 8.70. The van der Waals surface area contributed by atoms with Crippen molar-refractivity contribution >= 4 is 11.9 Å². The second-order valence-corrected chi connectivity index (χ2v) is 20.7. The van der Waals surface area contributed by atoms with Crippen molar-refractivity contribution in [3.05, 3.63) is 134 Å². The zero-order chi connectivity index (χ0) is 57.5. The molecular weight excluding hydrogens is 991 g/mol. The van der Waals surface area contributed by atoms with Crippen molar-refractivity contribution in [2.24, 2.45) is 0 Å². The molecule has 0 saturated carbocycles. The van der Waals surface area contributed by atoms with Gasteiger partial charge >= 0.3 is 5.97 Å². The Bertz CT molecular complexity index is 1790. The van der Waals surface area contributed by atoms with Gasteiger partial charge in [0.15, 0.2) is 12.4 Å². The number of unbranched alkanes of at least 4 members (excludes halogenated alkanes) is 16. The quantitative estimate of drug-likeness (QED) is 0.0195. The van der Waals surface area contributed by atoms with Crippen LogP contribution in [-0.2, 0) is 23.8 Å². The van der Waals surface area contributed by atoms with Gasteiger partial charge in [-0.1, -0.05) is 231 Å². The highest BCUT2D eigenvalue weighted by molar-refractivity contribution is 5.80. The summed E-state index contributed by atoms with van der Waals surface area (Å²) in [6, 6.07) is -1.06. The average molecular weight is 1100 g/mol. The molecule has 1 fully saturated rings. The Balaban J connectivity index is 2.71. The van der Waals surface area contributed by atoms with Gasteiger partial charge in [0.05, 0.1) is 25.4 Å². The average Bonchev–Trinajstić information content (AvgIpc) is 3.47. The molecule has 0 spiro atoms. The number of aliphatic hydroxyl groups is 5. The first-order valence-electron chi connectivity index (χ1n) is 31.0. The lowest BCUT2D eigenvalue weighted by atomic mass is 9.99. The van der Waals surface area contributed by atoms with Crippen molar-refractivity contribution < 1.29 is 49.3 Å². The standard InChI is InChI=1S/C68H111NO10/c1-4-7-10-13-16-19-22-24-26-28-30-31-32-34-36-38-41-44-47-50-53-56-63(73)79-66-65(75)64(74)62(57-70)78-68(66)77-58-59(60(71)54-51-48-45-42-39-21-18-15-12-9-6-3)69-67(76)61(72)55-52-49-46-43-40-37-35-33-29-27-25-23-20-17-14-11-8-5-2/h7-8,10-11,16-17,19-20,24-27,30-31,33-36,40,43,51,54,59-62,64-66,68,70-72,74-75H,4-6,9,12-15,18,21-23,28-29,32,37-39,41-42,44-50,52-53,55-58H2,1-3H3,(H,69,76)/b10-7-,11-8-,19-16-,20-17-,26-24-,27-25-,31-30-,35-33-,36-34-,43-40-,54-51+. The molecule has 1 amide bonds. The summed E-state index contributed by atoms with van der Waals surface area (Å²) >= 11 is 0. The van der Waals surface area contributed by atoms with E-state index in [1.807, 2.05) is 6.08 Å². The molecule has 0 aromatic carbocycles. The molecule has 1 saturated heterocycles. The molecule has 79 heavy (non-hydrogen) atoms. The minimum atomic E-state index is -1.64. The Morgan fingerprint density at radius 3 is 1.37 bits per heavy atom. The zero-order valence-corrected chi connectivity index (χ0v) is 49.4. The summed E-state index contributed by atoms with van der Waals surface area (Å²) in [7, 11) is 0. The fourth-order valence-corrected chi connectivity index (χ4v) is 8.70. The Labute approximate surface area is 480 Å². The highest BCUT2D eigenvalue weighted by Crippen LogP contribution is 2.26. The lowest BCUT2D eigenvalue weighted by molar-refractivity contribution is -0.305. The van der Waals surface area contributed by atoms with E-state index in [1.54, 1.807) is 6.08 Å². The second-order valence-electron chi connectivity index (χ2n) is 20.7. The first kappa shape index (κ1) is 72.8. The van der Waals surface area contributed by atoms with Crippen LogP contribution in [0.5, 0.6) is 0 Å². The molecule has 11 nitrogen and oxygen atoms in total. The molecule has 0 radical (unpaired) electrons. The van der Waals surface area contributed by atoms with Gasteiger partial charge in [0, 0.05) is 6.42 Å². The normalized spacial score (nSPS) is 19.8. The van der Waals surface area contributed by atoms with Crippen LogP contribution >= 0.6 is 0 Å². The van der Waals surface area contributed by atoms with Gasteiger partial charge in [-0.25, -0.2) is 0 Å². The first-order chi connectivity index (χ1) is 38.7. The van der Waals surface area contributed by atoms with Crippen molar-refractivity contribution in [1.82, 2.24) is 5.32 Å². The number of ether oxygens (including phenoxy) is 3. The molecule has 8 unspecified atom stereocenters. The summed E-state index contributed by atoms with van der Waals surface area (Å²) in [5.74, 6) is -1.26. The topological polar surface area (TPSA) is 175 Å². The van der Waals surface area contributed by atoms with Crippen LogP contribution in [0.25, 0.3) is 0 Å². The van der Waals surface area contributed by atoms with Crippen LogP contribution < -0.4 is 5.32 Å². The van der Waals surface area contributed by atoms with E-state index in [-0.39, 0.29) is 19.4 Å². The molecule has 0 aromatic heterocycles. The Morgan fingerprint density at radius 2 is 0.911 bits per heavy atom. The summed E-state index contributed by atoms with van der Waals surface area (Å²) < 4.78 is 17.6. The molecule has 1 rings (SSSR count). The van der Waals surface area contributed by atoms with Gasteiger partial charge in [0.1, 0.15) is 24.4 Å². The van der Waals surface area contributed by atoms with E-state index in [1.165, 1.54) is 38.5 Å². The number of nitrogens with one attached hydrogen (secondary N) is 1. The third-order valence-electron chi connectivity index (χ3n) is 13.5. The predicted octanol–water partition coefficient (Wildman–Crippen LogP) is 14.8. The number of hydrogen-bond acceptors (Lipinski definition) is 10. The van der Waals surface area contributed by atoms with Crippen LogP contribution in [-0.4, -0.2) is 99.6 Å². The molecule has 1 aliphatic heterocycles. The van der Waals surface area contributed by atoms with E-state index in [2.05, 4.69) is 148 Å². The molecule has 11 heteroatoms. The van der Waals surface area contributed by atoms with E-state index < -0.39 is 67.4 Å². The molecular formula is C68H111NO10. The second kappa shape index (κ2) is 54.4. The summed E-state index contributed by atoms with van der Waals surface area (Å²) in [5.41, 5.74) is 0. The summed E-state index contributed by atoms with van der Waals surface area (Å²) in [6.07, 6.45) is 66.3. The summed E-state index contributed by atoms with van der Waals surface area (Å²) in [5, 5.41) is 56.9. The summed E-state index contributed by atoms with van der Waals surface area (Å²) in [6.45, 7) is 5.50. The largest absolute Gasteiger partial charge is 0.454 e. The van der Waals surface area contributed by atoms with Gasteiger partial charge in [0.2, 0.25) is 5.91 Å². The van der Waals surface area contributed by atoms with Crippen LogP contribution in [0, 0.1) is 0 Å². The maximum absolute atomic E-state index is 13.4. The predicted molar refractivity (Wildman–Crippen MR) is 328 cm³/mol. The molecule has 0 aliphatic carbocycles. The van der Waals surface area contributed by atoms with Crippen molar-refractivity contribution in [2.45, 2.75) is 269 Å². The lowest BCUT2D eigenvalue weighted by Crippen LogP contribution is -2.61. The van der Waals surface area contributed by atoms with E-state index >= 15 is 0 Å². The third kappa shape index (κ3) is 42.3. The number of carbonyl (C=O) groups is 2. The monoisotopic (exact) mass is 1100 g/mol. The van der Waals surface area contributed by atoms with Crippen molar-refractivity contribution in [3.63, 3.8) is 0 Å². The van der Waals surface area contributed by atoms with E-state index in [9.17, 15) is 35.1 Å². The molecule has 6 N–H and O–H groups in total. The molecule has 1 heterocycles. The van der Waals surface area contributed by atoms with Crippen LogP contribution in [0.2, 0.25) is 0 Å². The third-order valence-corrected chi connectivity index (χ3v) is 13.5. The maximum Gasteiger partial charge on any atom is 0.306 e. The van der Waals surface area contributed by atoms with Crippen LogP contribution in [0.1, 0.15) is 220 Å². The maximum atomic E-state index is 13.4. The van der Waals surface area contributed by atoms with Gasteiger partial charge in [-0.05, 0) is 116 Å². The van der Waals surface area contributed by atoms with Gasteiger partial charge in [0.25, 0.3) is 0 Å². The van der Waals surface area contributed by atoms with Crippen molar-refractivity contribution in [2.75, 3.05) is 13.2 Å². The number of allylic oxidation sites excluding steroid dienone is 21. The zero-order valence-electron chi connectivity index (χ0n) is 49.4. The fraction of sp³-hybridized carbons (Fsp3) is 0.647. The van der Waals surface area contributed by atoms with Crippen LogP contribution in [0.3, 0.4) is 0 Å². The first-order valence-corrected chi connectivity index (χ1v) is 31.0. The van der Waals surface area contributed by atoms with Gasteiger partial charge < -0.3 is 45.1 Å². The molecule has 0 aromatic rings. The number of rotatable bonds is 50. The SMILES string of the molecule is CC/C=C\C/C=C\C/C=C\C/C=C\C/C=C\CCCCCCCC(=O)OC1C(OCC(NC(=O)C(O)CCCC/C=C\C/C=C\C/C=C\C/C=C\C/C=C\CC)C(O)/C=C/CCCCCCCCCCC)OC(CO)C(O)C1O. The molecule has 1 aliphatic rings. The number of amides is 1. The Hall–Kier alpha value is -4.20. The number of aliphatic hydroxyl groups excluding tert-OH is 5. The van der Waals surface area contributed by atoms with E-state index in [4.69, 9.17) is 14.2 Å².